The first-order valence-electron chi connectivity index (χ1n) is 9.96. The molecule has 0 aliphatic carbocycles. The highest BCUT2D eigenvalue weighted by molar-refractivity contribution is 5.96. The fourth-order valence-corrected chi connectivity index (χ4v) is 3.19. The summed E-state index contributed by atoms with van der Waals surface area (Å²) < 4.78 is 0. The predicted molar refractivity (Wildman–Crippen MR) is 107 cm³/mol. The molecule has 0 saturated carbocycles. The molecule has 12 heteroatoms. The Morgan fingerprint density at radius 1 is 1.17 bits per heavy atom. The molecule has 1 aliphatic heterocycles. The largest absolute Gasteiger partial charge is 0.480 e. The Kier molecular flexibility index (Phi) is 10.2. The Labute approximate surface area is 174 Å². The van der Waals surface area contributed by atoms with Gasteiger partial charge in [0, 0.05) is 6.54 Å². The van der Waals surface area contributed by atoms with E-state index in [9.17, 15) is 24.0 Å². The number of amides is 4. The van der Waals surface area contributed by atoms with Gasteiger partial charge in [-0.05, 0) is 39.2 Å². The standard InChI is InChI=1S/C18H32N6O6/c1-10(18(29)30)22-16(27)13-6-4-8-24(13)17(28)12(9-14(21)25)23-15(26)11(20)5-2-3-7-19/h10-13H,2-9,19-20H2,1H3,(H2,21,25)(H,22,27)(H,23,26)(H,29,30). The van der Waals surface area contributed by atoms with Crippen LogP contribution in [0.2, 0.25) is 0 Å². The molecule has 1 heterocycles. The number of rotatable bonds is 12. The van der Waals surface area contributed by atoms with Crippen molar-refractivity contribution in [2.24, 2.45) is 17.2 Å². The lowest BCUT2D eigenvalue weighted by atomic mass is 10.1. The molecule has 1 fully saturated rings. The molecule has 0 radical (unpaired) electrons. The molecule has 1 aliphatic rings. The highest BCUT2D eigenvalue weighted by Crippen LogP contribution is 2.19. The van der Waals surface area contributed by atoms with Crippen LogP contribution >= 0.6 is 0 Å². The van der Waals surface area contributed by atoms with Gasteiger partial charge in [0.05, 0.1) is 12.5 Å². The monoisotopic (exact) mass is 428 g/mol. The normalized spacial score (nSPS) is 18.9. The zero-order valence-electron chi connectivity index (χ0n) is 17.1. The van der Waals surface area contributed by atoms with Crippen molar-refractivity contribution >= 4 is 29.6 Å². The average molecular weight is 428 g/mol. The van der Waals surface area contributed by atoms with Crippen LogP contribution in [-0.4, -0.2) is 76.9 Å². The minimum atomic E-state index is -1.26. The molecule has 170 valence electrons. The van der Waals surface area contributed by atoms with Crippen molar-refractivity contribution in [2.75, 3.05) is 13.1 Å². The summed E-state index contributed by atoms with van der Waals surface area (Å²) in [5.41, 5.74) is 16.5. The molecule has 4 atom stereocenters. The number of carboxylic acid groups (broad SMARTS) is 1. The first-order chi connectivity index (χ1) is 14.1. The van der Waals surface area contributed by atoms with Crippen LogP contribution in [0, 0.1) is 0 Å². The smallest absolute Gasteiger partial charge is 0.325 e. The van der Waals surface area contributed by atoms with E-state index in [-0.39, 0.29) is 6.54 Å². The van der Waals surface area contributed by atoms with Gasteiger partial charge in [0.2, 0.25) is 23.6 Å². The van der Waals surface area contributed by atoms with Gasteiger partial charge in [0.1, 0.15) is 18.1 Å². The Morgan fingerprint density at radius 2 is 1.83 bits per heavy atom. The van der Waals surface area contributed by atoms with E-state index < -0.39 is 60.2 Å². The number of carbonyl (C=O) groups excluding carboxylic acids is 4. The maximum Gasteiger partial charge on any atom is 0.325 e. The highest BCUT2D eigenvalue weighted by atomic mass is 16.4. The van der Waals surface area contributed by atoms with Crippen molar-refractivity contribution in [1.29, 1.82) is 0 Å². The molecular weight excluding hydrogens is 396 g/mol. The molecule has 12 nitrogen and oxygen atoms in total. The van der Waals surface area contributed by atoms with Gasteiger partial charge in [-0.2, -0.15) is 0 Å². The number of likely N-dealkylation sites (tertiary alicyclic amines) is 1. The van der Waals surface area contributed by atoms with Crippen LogP contribution in [0.3, 0.4) is 0 Å². The number of aliphatic carboxylic acids is 1. The molecule has 9 N–H and O–H groups in total. The van der Waals surface area contributed by atoms with Crippen LogP contribution in [-0.2, 0) is 24.0 Å². The second-order valence-corrected chi connectivity index (χ2v) is 7.38. The third-order valence-electron chi connectivity index (χ3n) is 4.89. The van der Waals surface area contributed by atoms with Crippen LogP contribution in [0.15, 0.2) is 0 Å². The van der Waals surface area contributed by atoms with E-state index in [1.807, 2.05) is 0 Å². The topological polar surface area (TPSA) is 211 Å². The zero-order valence-corrected chi connectivity index (χ0v) is 17.1. The molecule has 0 spiro atoms. The summed E-state index contributed by atoms with van der Waals surface area (Å²) in [4.78, 5) is 61.4. The van der Waals surface area contributed by atoms with Crippen LogP contribution in [0.4, 0.5) is 0 Å². The van der Waals surface area contributed by atoms with Gasteiger partial charge in [-0.1, -0.05) is 6.42 Å². The summed E-state index contributed by atoms with van der Waals surface area (Å²) in [6.07, 6.45) is 2.10. The average Bonchev–Trinajstić information content (AvgIpc) is 3.16. The number of carboxylic acids is 1. The number of hydrogen-bond acceptors (Lipinski definition) is 7. The lowest BCUT2D eigenvalue weighted by molar-refractivity contribution is -0.145. The molecule has 0 bridgehead atoms. The van der Waals surface area contributed by atoms with E-state index in [0.717, 1.165) is 0 Å². The summed E-state index contributed by atoms with van der Waals surface area (Å²) in [6.45, 7) is 2.01. The number of carbonyl (C=O) groups is 5. The summed E-state index contributed by atoms with van der Waals surface area (Å²) in [5.74, 6) is -3.87. The molecule has 0 aromatic heterocycles. The number of hydrogen-bond donors (Lipinski definition) is 6. The number of unbranched alkanes of at least 4 members (excludes halogenated alkanes) is 1. The number of primary amides is 1. The lowest BCUT2D eigenvalue weighted by Crippen LogP contribution is -2.57. The van der Waals surface area contributed by atoms with Crippen LogP contribution in [0.5, 0.6) is 0 Å². The minimum Gasteiger partial charge on any atom is -0.480 e. The first-order valence-corrected chi connectivity index (χ1v) is 9.96. The maximum absolute atomic E-state index is 13.0. The van der Waals surface area contributed by atoms with Crippen LogP contribution < -0.4 is 27.8 Å². The third kappa shape index (κ3) is 7.59. The van der Waals surface area contributed by atoms with Crippen molar-refractivity contribution in [1.82, 2.24) is 15.5 Å². The van der Waals surface area contributed by atoms with Gasteiger partial charge in [-0.25, -0.2) is 0 Å². The third-order valence-corrected chi connectivity index (χ3v) is 4.89. The van der Waals surface area contributed by atoms with E-state index in [2.05, 4.69) is 10.6 Å². The molecule has 0 aromatic rings. The number of nitrogens with two attached hydrogens (primary N) is 3. The first kappa shape index (κ1) is 25.3. The van der Waals surface area contributed by atoms with Gasteiger partial charge in [-0.15, -0.1) is 0 Å². The van der Waals surface area contributed by atoms with E-state index in [1.54, 1.807) is 0 Å². The molecule has 1 saturated heterocycles. The Morgan fingerprint density at radius 3 is 2.40 bits per heavy atom. The summed E-state index contributed by atoms with van der Waals surface area (Å²) >= 11 is 0. The Balaban J connectivity index is 2.85. The van der Waals surface area contributed by atoms with Gasteiger partial charge in [0.15, 0.2) is 0 Å². The van der Waals surface area contributed by atoms with Crippen molar-refractivity contribution < 1.29 is 29.1 Å². The number of nitrogens with zero attached hydrogens (tertiary/aromatic N) is 1. The molecular formula is C18H32N6O6. The second-order valence-electron chi connectivity index (χ2n) is 7.38. The molecule has 30 heavy (non-hydrogen) atoms. The number of nitrogens with one attached hydrogen (secondary N) is 2. The molecule has 1 rings (SSSR count). The van der Waals surface area contributed by atoms with Gasteiger partial charge < -0.3 is 37.8 Å². The Bertz CT molecular complexity index is 657. The maximum atomic E-state index is 13.0. The quantitative estimate of drug-likeness (QED) is 0.181. The van der Waals surface area contributed by atoms with Gasteiger partial charge in [0.25, 0.3) is 0 Å². The summed E-state index contributed by atoms with van der Waals surface area (Å²) in [7, 11) is 0. The Hall–Kier alpha value is -2.73. The van der Waals surface area contributed by atoms with E-state index in [1.165, 1.54) is 11.8 Å². The van der Waals surface area contributed by atoms with Crippen molar-refractivity contribution in [2.45, 2.75) is 69.6 Å². The molecule has 0 aromatic carbocycles. The SMILES string of the molecule is CC(NC(=O)C1CCCN1C(=O)C(CC(N)=O)NC(=O)C(N)CCCCN)C(=O)O. The van der Waals surface area contributed by atoms with E-state index in [4.69, 9.17) is 22.3 Å². The molecule has 4 amide bonds. The predicted octanol–water partition coefficient (Wildman–Crippen LogP) is -2.62. The van der Waals surface area contributed by atoms with Crippen LogP contribution in [0.25, 0.3) is 0 Å². The second kappa shape index (κ2) is 12.1. The van der Waals surface area contributed by atoms with E-state index in [0.29, 0.717) is 38.6 Å². The minimum absolute atomic E-state index is 0.228. The zero-order chi connectivity index (χ0) is 22.8. The van der Waals surface area contributed by atoms with Crippen LogP contribution in [0.1, 0.15) is 45.4 Å². The van der Waals surface area contributed by atoms with E-state index >= 15 is 0 Å². The van der Waals surface area contributed by atoms with Crippen molar-refractivity contribution in [3.8, 4) is 0 Å². The fraction of sp³-hybridized carbons (Fsp3) is 0.722. The molecule has 4 unspecified atom stereocenters. The fourth-order valence-electron chi connectivity index (χ4n) is 3.19. The summed E-state index contributed by atoms with van der Waals surface area (Å²) in [6, 6.07) is -4.16. The summed E-state index contributed by atoms with van der Waals surface area (Å²) in [5, 5.41) is 13.7. The lowest BCUT2D eigenvalue weighted by Gasteiger charge is -2.29. The van der Waals surface area contributed by atoms with Gasteiger partial charge >= 0.3 is 5.97 Å². The highest BCUT2D eigenvalue weighted by Gasteiger charge is 2.39. The van der Waals surface area contributed by atoms with Crippen molar-refractivity contribution in [3.63, 3.8) is 0 Å². The van der Waals surface area contributed by atoms with Gasteiger partial charge in [-0.3, -0.25) is 24.0 Å². The van der Waals surface area contributed by atoms with Crippen molar-refractivity contribution in [3.05, 3.63) is 0 Å².